The Hall–Kier alpha value is -7.84. The summed E-state index contributed by atoms with van der Waals surface area (Å²) in [5.74, 6) is 1.83. The standard InChI is InChI=1S/C51H32N6O2/c1-51-25-9-8-16-48(51)57-43-15-7-5-13-41(43)55(50(57)53-51)33-20-24-47-37(29-33)35-27-31(18-22-45(35)59-47)30-17-21-44-34(26-30)36-28-32(19-23-46(36)58-44)54-40-12-4-6-14-42(40)56-39-11-3-2-10-38(39)52-49(54)56/h2-29,48H,1H3. The number of para-hydroxylation sites is 6. The predicted molar refractivity (Wildman–Crippen MR) is 238 cm³/mol. The molecular formula is C51H32N6O2. The van der Waals surface area contributed by atoms with Crippen LogP contribution in [0.15, 0.2) is 184 Å². The van der Waals surface area contributed by atoms with E-state index in [-0.39, 0.29) is 11.6 Å². The average molecular weight is 761 g/mol. The van der Waals surface area contributed by atoms with Crippen LogP contribution in [-0.4, -0.2) is 31.5 Å². The van der Waals surface area contributed by atoms with E-state index in [1.54, 1.807) is 0 Å². The molecule has 7 aromatic carbocycles. The molecule has 6 heterocycles. The zero-order valence-corrected chi connectivity index (χ0v) is 31.7. The van der Waals surface area contributed by atoms with Gasteiger partial charge in [-0.15, -0.1) is 0 Å². The van der Waals surface area contributed by atoms with Crippen molar-refractivity contribution >= 4 is 94.7 Å². The van der Waals surface area contributed by atoms with E-state index < -0.39 is 0 Å². The molecule has 0 spiro atoms. The number of anilines is 3. The molecule has 0 saturated heterocycles. The first-order chi connectivity index (χ1) is 29.1. The molecule has 1 aliphatic carbocycles. The maximum absolute atomic E-state index is 6.45. The fourth-order valence-corrected chi connectivity index (χ4v) is 9.97. The van der Waals surface area contributed by atoms with Gasteiger partial charge in [0, 0.05) is 21.5 Å². The fraction of sp³-hybridized carbons (Fsp3) is 0.0588. The average Bonchev–Trinajstić information content (AvgIpc) is 4.10. The first-order valence-electron chi connectivity index (χ1n) is 20.0. The minimum atomic E-state index is -0.335. The number of furan rings is 2. The molecule has 0 saturated carbocycles. The lowest BCUT2D eigenvalue weighted by Crippen LogP contribution is -2.44. The number of aromatic nitrogens is 3. The van der Waals surface area contributed by atoms with Crippen LogP contribution in [0.25, 0.3) is 88.5 Å². The number of benzene rings is 7. The van der Waals surface area contributed by atoms with Crippen LogP contribution in [0.1, 0.15) is 6.92 Å². The fourth-order valence-electron chi connectivity index (χ4n) is 9.97. The molecule has 14 rings (SSSR count). The molecule has 8 nitrogen and oxygen atoms in total. The lowest BCUT2D eigenvalue weighted by atomic mass is 9.89. The molecule has 2 atom stereocenters. The zero-order valence-electron chi connectivity index (χ0n) is 31.7. The molecule has 4 aromatic heterocycles. The molecule has 11 aromatic rings. The molecule has 2 unspecified atom stereocenters. The van der Waals surface area contributed by atoms with Crippen molar-refractivity contribution in [3.8, 4) is 16.8 Å². The Kier molecular flexibility index (Phi) is 5.81. The summed E-state index contributed by atoms with van der Waals surface area (Å²) in [4.78, 5) is 15.1. The number of imidazole rings is 2. The molecular weight excluding hydrogens is 729 g/mol. The smallest absolute Gasteiger partial charge is 0.220 e. The minimum Gasteiger partial charge on any atom is -0.456 e. The third-order valence-electron chi connectivity index (χ3n) is 12.7. The van der Waals surface area contributed by atoms with Gasteiger partial charge >= 0.3 is 0 Å². The molecule has 0 amide bonds. The van der Waals surface area contributed by atoms with Crippen molar-refractivity contribution in [3.63, 3.8) is 0 Å². The van der Waals surface area contributed by atoms with Crippen molar-refractivity contribution in [1.82, 2.24) is 14.0 Å². The summed E-state index contributed by atoms with van der Waals surface area (Å²) in [5.41, 5.74) is 13.9. The van der Waals surface area contributed by atoms with Crippen molar-refractivity contribution in [2.24, 2.45) is 4.99 Å². The van der Waals surface area contributed by atoms with E-state index in [2.05, 4.69) is 190 Å². The SMILES string of the molecule is CC12C=CC=CC1N1C(=N2)N(c2ccc3oc4ccc(-c5ccc6oc7ccc(-n8c9ccccc9n9c%10ccccc%10nc89)cc7c6c5)cc4c3c2)c2ccccc21. The maximum Gasteiger partial charge on any atom is 0.220 e. The first kappa shape index (κ1) is 31.3. The summed E-state index contributed by atoms with van der Waals surface area (Å²) in [7, 11) is 0. The summed E-state index contributed by atoms with van der Waals surface area (Å²) in [6.07, 6.45) is 8.71. The predicted octanol–water partition coefficient (Wildman–Crippen LogP) is 12.5. The van der Waals surface area contributed by atoms with Gasteiger partial charge < -0.3 is 13.7 Å². The quantitative estimate of drug-likeness (QED) is 0.179. The maximum atomic E-state index is 6.45. The highest BCUT2D eigenvalue weighted by atomic mass is 16.3. The van der Waals surface area contributed by atoms with Gasteiger partial charge in [-0.1, -0.05) is 72.8 Å². The lowest BCUT2D eigenvalue weighted by molar-refractivity contribution is 0.550. The van der Waals surface area contributed by atoms with Crippen LogP contribution in [0.3, 0.4) is 0 Å². The molecule has 59 heavy (non-hydrogen) atoms. The van der Waals surface area contributed by atoms with Crippen LogP contribution in [0.2, 0.25) is 0 Å². The monoisotopic (exact) mass is 760 g/mol. The van der Waals surface area contributed by atoms with Gasteiger partial charge in [-0.25, -0.2) is 9.98 Å². The van der Waals surface area contributed by atoms with Crippen LogP contribution >= 0.6 is 0 Å². The second-order valence-electron chi connectivity index (χ2n) is 16.1. The first-order valence-corrected chi connectivity index (χ1v) is 20.0. The molecule has 0 bridgehead atoms. The Balaban J connectivity index is 0.896. The largest absolute Gasteiger partial charge is 0.456 e. The Morgan fingerprint density at radius 2 is 1.15 bits per heavy atom. The van der Waals surface area contributed by atoms with Crippen molar-refractivity contribution in [2.75, 3.05) is 9.80 Å². The van der Waals surface area contributed by atoms with Crippen molar-refractivity contribution < 1.29 is 8.83 Å². The van der Waals surface area contributed by atoms with Crippen molar-refractivity contribution in [3.05, 3.63) is 170 Å². The summed E-state index contributed by atoms with van der Waals surface area (Å²) >= 11 is 0. The van der Waals surface area contributed by atoms with E-state index in [0.29, 0.717) is 0 Å². The van der Waals surface area contributed by atoms with Crippen molar-refractivity contribution in [1.29, 1.82) is 0 Å². The number of allylic oxidation sites excluding steroid dienone is 2. The van der Waals surface area contributed by atoms with Gasteiger partial charge in [0.2, 0.25) is 11.7 Å². The van der Waals surface area contributed by atoms with Crippen LogP contribution in [0.4, 0.5) is 17.1 Å². The van der Waals surface area contributed by atoms with E-state index >= 15 is 0 Å². The molecule has 8 heteroatoms. The molecule has 0 N–H and O–H groups in total. The zero-order chi connectivity index (χ0) is 38.6. The van der Waals surface area contributed by atoms with Crippen LogP contribution in [0, 0.1) is 0 Å². The third-order valence-corrected chi connectivity index (χ3v) is 12.7. The molecule has 0 radical (unpaired) electrons. The molecule has 3 aliphatic rings. The second-order valence-corrected chi connectivity index (χ2v) is 16.1. The van der Waals surface area contributed by atoms with Gasteiger partial charge in [0.15, 0.2) is 0 Å². The van der Waals surface area contributed by atoms with Crippen molar-refractivity contribution in [2.45, 2.75) is 18.5 Å². The Morgan fingerprint density at radius 1 is 0.559 bits per heavy atom. The van der Waals surface area contributed by atoms with E-state index in [0.717, 1.165) is 106 Å². The summed E-state index contributed by atoms with van der Waals surface area (Å²) in [5, 5.41) is 4.25. The Morgan fingerprint density at radius 3 is 1.90 bits per heavy atom. The highest BCUT2D eigenvalue weighted by molar-refractivity contribution is 6.23. The van der Waals surface area contributed by atoms with E-state index in [9.17, 15) is 0 Å². The molecule has 0 fully saturated rings. The minimum absolute atomic E-state index is 0.118. The number of hydrogen-bond acceptors (Lipinski definition) is 6. The summed E-state index contributed by atoms with van der Waals surface area (Å²) < 4.78 is 17.4. The van der Waals surface area contributed by atoms with E-state index in [1.165, 1.54) is 5.69 Å². The van der Waals surface area contributed by atoms with Gasteiger partial charge in [0.1, 0.15) is 27.9 Å². The Labute approximate surface area is 336 Å². The second kappa shape index (κ2) is 11.0. The normalized spacial score (nSPS) is 18.4. The van der Waals surface area contributed by atoms with Crippen LogP contribution < -0.4 is 9.80 Å². The van der Waals surface area contributed by atoms with E-state index in [1.807, 2.05) is 6.07 Å². The number of hydrogen-bond donors (Lipinski definition) is 0. The number of nitrogens with zero attached hydrogens (tertiary/aromatic N) is 6. The Bertz CT molecular complexity index is 3740. The topological polar surface area (TPSA) is 67.4 Å². The van der Waals surface area contributed by atoms with Gasteiger partial charge in [-0.05, 0) is 115 Å². The number of guanidine groups is 1. The van der Waals surface area contributed by atoms with Crippen LogP contribution in [-0.2, 0) is 0 Å². The summed E-state index contributed by atoms with van der Waals surface area (Å²) in [6.45, 7) is 2.21. The summed E-state index contributed by atoms with van der Waals surface area (Å²) in [6, 6.07) is 51.5. The number of fused-ring (bicyclic) bond motifs is 16. The van der Waals surface area contributed by atoms with Gasteiger partial charge in [0.05, 0.1) is 50.9 Å². The van der Waals surface area contributed by atoms with Gasteiger partial charge in [0.25, 0.3) is 0 Å². The number of aliphatic imine (C=N–C) groups is 1. The van der Waals surface area contributed by atoms with Gasteiger partial charge in [-0.2, -0.15) is 0 Å². The highest BCUT2D eigenvalue weighted by Crippen LogP contribution is 2.50. The highest BCUT2D eigenvalue weighted by Gasteiger charge is 2.50. The molecule has 2 aliphatic heterocycles. The van der Waals surface area contributed by atoms with E-state index in [4.69, 9.17) is 18.8 Å². The number of rotatable bonds is 3. The molecule has 278 valence electrons. The van der Waals surface area contributed by atoms with Crippen LogP contribution in [0.5, 0.6) is 0 Å². The van der Waals surface area contributed by atoms with Gasteiger partial charge in [-0.3, -0.25) is 13.9 Å². The third kappa shape index (κ3) is 4.11. The lowest BCUT2D eigenvalue weighted by Gasteiger charge is -2.31.